The number of carbonyl (C=O) groups is 3. The van der Waals surface area contributed by atoms with Crippen LogP contribution in [0.5, 0.6) is 0 Å². The van der Waals surface area contributed by atoms with Crippen LogP contribution in [0.25, 0.3) is 6.08 Å². The number of unbranched alkanes of at least 4 members (excludes halogenated alkanes) is 3. The number of ether oxygens (including phenoxy) is 3. The normalized spacial score (nSPS) is 16.2. The Bertz CT molecular complexity index is 849. The first-order valence-electron chi connectivity index (χ1n) is 10.5. The molecular weight excluding hydrogens is 400 g/mol. The molecule has 0 saturated heterocycles. The van der Waals surface area contributed by atoms with Crippen molar-refractivity contribution in [2.45, 2.75) is 51.7 Å². The summed E-state index contributed by atoms with van der Waals surface area (Å²) in [6.45, 7) is 3.92. The van der Waals surface area contributed by atoms with Gasteiger partial charge in [-0.15, -0.1) is 0 Å². The molecule has 0 bridgehead atoms. The third kappa shape index (κ3) is 5.38. The van der Waals surface area contributed by atoms with E-state index in [1.54, 1.807) is 13.0 Å². The molecule has 1 aromatic carbocycles. The van der Waals surface area contributed by atoms with Gasteiger partial charge in [0.05, 0.1) is 19.3 Å². The number of hydrogen-bond donors (Lipinski definition) is 0. The Morgan fingerprint density at radius 3 is 2.39 bits per heavy atom. The monoisotopic (exact) mass is 430 g/mol. The van der Waals surface area contributed by atoms with Crippen LogP contribution in [0.15, 0.2) is 40.9 Å². The van der Waals surface area contributed by atoms with Crippen LogP contribution < -0.4 is 0 Å². The van der Waals surface area contributed by atoms with E-state index in [4.69, 9.17) is 14.2 Å². The minimum atomic E-state index is -1.62. The van der Waals surface area contributed by atoms with E-state index in [1.807, 2.05) is 30.3 Å². The van der Waals surface area contributed by atoms with Gasteiger partial charge in [-0.2, -0.15) is 4.99 Å². The molecule has 0 radical (unpaired) electrons. The number of esters is 1. The summed E-state index contributed by atoms with van der Waals surface area (Å²) in [5.74, 6) is -2.54. The lowest BCUT2D eigenvalue weighted by atomic mass is 9.91. The van der Waals surface area contributed by atoms with Crippen LogP contribution in [0.1, 0.15) is 51.5 Å². The Morgan fingerprint density at radius 1 is 1.10 bits per heavy atom. The molecule has 1 aliphatic heterocycles. The number of hydrogen-bond acceptors (Lipinski definition) is 6. The van der Waals surface area contributed by atoms with Gasteiger partial charge in [-0.25, -0.2) is 9.69 Å². The van der Waals surface area contributed by atoms with E-state index in [0.717, 1.165) is 29.7 Å². The Labute approximate surface area is 182 Å². The summed E-state index contributed by atoms with van der Waals surface area (Å²) in [5, 5.41) is 0. The van der Waals surface area contributed by atoms with Crippen LogP contribution in [0.3, 0.4) is 0 Å². The molecule has 0 aliphatic carbocycles. The van der Waals surface area contributed by atoms with Crippen molar-refractivity contribution >= 4 is 29.9 Å². The minimum Gasteiger partial charge on any atom is -0.468 e. The average molecular weight is 431 g/mol. The van der Waals surface area contributed by atoms with Crippen molar-refractivity contribution in [1.82, 2.24) is 4.90 Å². The summed E-state index contributed by atoms with van der Waals surface area (Å²) in [6, 6.07) is 8.94. The van der Waals surface area contributed by atoms with Gasteiger partial charge in [0.15, 0.2) is 5.72 Å². The molecule has 1 unspecified atom stereocenters. The Hall–Kier alpha value is -3.00. The first-order valence-corrected chi connectivity index (χ1v) is 10.5. The molecule has 1 aromatic rings. The summed E-state index contributed by atoms with van der Waals surface area (Å²) in [5.41, 5.74) is -0.810. The topological polar surface area (TPSA) is 94.5 Å². The fraction of sp³-hybridized carbons (Fsp3) is 0.478. The average Bonchev–Trinajstić information content (AvgIpc) is 3.08. The van der Waals surface area contributed by atoms with Crippen LogP contribution in [-0.4, -0.2) is 55.3 Å². The van der Waals surface area contributed by atoms with Crippen molar-refractivity contribution in [2.24, 2.45) is 4.99 Å². The molecule has 0 spiro atoms. The number of carbonyl (C=O) groups excluding carboxylic acids is 3. The number of aliphatic imine (C=N–C) groups is 1. The maximum absolute atomic E-state index is 13.1. The van der Waals surface area contributed by atoms with Crippen molar-refractivity contribution in [3.8, 4) is 0 Å². The Kier molecular flexibility index (Phi) is 8.93. The molecule has 0 fully saturated rings. The third-order valence-corrected chi connectivity index (χ3v) is 5.05. The number of benzene rings is 1. The number of amides is 2. The lowest BCUT2D eigenvalue weighted by Crippen LogP contribution is -2.57. The molecule has 2 rings (SSSR count). The second-order valence-corrected chi connectivity index (χ2v) is 7.03. The summed E-state index contributed by atoms with van der Waals surface area (Å²) in [4.78, 5) is 42.8. The van der Waals surface area contributed by atoms with Gasteiger partial charge in [-0.1, -0.05) is 56.5 Å². The zero-order valence-corrected chi connectivity index (χ0v) is 18.6. The van der Waals surface area contributed by atoms with E-state index in [-0.39, 0.29) is 24.6 Å². The van der Waals surface area contributed by atoms with E-state index in [1.165, 1.54) is 14.2 Å². The van der Waals surface area contributed by atoms with Gasteiger partial charge >= 0.3 is 23.8 Å². The molecule has 0 N–H and O–H groups in total. The standard InChI is InChI=1S/C23H30N2O6/c1-5-7-8-12-15-23(30-4,25-20(27)19(26)24-22(25)29-3)18(21(28)31-6-2)16-17-13-10-9-11-14-17/h9-11,13-14,16H,5-8,12,15H2,1-4H3. The van der Waals surface area contributed by atoms with Crippen molar-refractivity contribution < 1.29 is 28.6 Å². The Morgan fingerprint density at radius 2 is 1.81 bits per heavy atom. The molecule has 0 aromatic heterocycles. The van der Waals surface area contributed by atoms with Gasteiger partial charge in [0.2, 0.25) is 0 Å². The number of nitrogens with zero attached hydrogens (tertiary/aromatic N) is 2. The Balaban J connectivity index is 2.67. The third-order valence-electron chi connectivity index (χ3n) is 5.05. The molecule has 1 aliphatic rings. The molecule has 31 heavy (non-hydrogen) atoms. The molecule has 2 amide bonds. The lowest BCUT2D eigenvalue weighted by Gasteiger charge is -2.40. The van der Waals surface area contributed by atoms with Gasteiger partial charge in [-0.05, 0) is 25.0 Å². The van der Waals surface area contributed by atoms with E-state index in [0.29, 0.717) is 6.42 Å². The number of methoxy groups -OCH3 is 2. The van der Waals surface area contributed by atoms with Gasteiger partial charge in [0, 0.05) is 13.5 Å². The van der Waals surface area contributed by atoms with Gasteiger partial charge < -0.3 is 14.2 Å². The van der Waals surface area contributed by atoms with E-state index >= 15 is 0 Å². The maximum Gasteiger partial charge on any atom is 0.340 e. The molecular formula is C23H30N2O6. The highest BCUT2D eigenvalue weighted by Gasteiger charge is 2.53. The van der Waals surface area contributed by atoms with Crippen LogP contribution in [0, 0.1) is 0 Å². The van der Waals surface area contributed by atoms with Crippen molar-refractivity contribution in [3.63, 3.8) is 0 Å². The van der Waals surface area contributed by atoms with Crippen molar-refractivity contribution in [1.29, 1.82) is 0 Å². The maximum atomic E-state index is 13.1. The van der Waals surface area contributed by atoms with Crippen molar-refractivity contribution in [3.05, 3.63) is 41.5 Å². The molecule has 8 nitrogen and oxygen atoms in total. The highest BCUT2D eigenvalue weighted by Crippen LogP contribution is 2.36. The number of rotatable bonds is 11. The second kappa shape index (κ2) is 11.4. The van der Waals surface area contributed by atoms with Gasteiger partial charge in [-0.3, -0.25) is 9.59 Å². The quantitative estimate of drug-likeness (QED) is 0.231. The fourth-order valence-corrected chi connectivity index (χ4v) is 3.54. The zero-order chi connectivity index (χ0) is 22.9. The number of amidine groups is 1. The summed E-state index contributed by atoms with van der Waals surface area (Å²) in [7, 11) is 2.70. The summed E-state index contributed by atoms with van der Waals surface area (Å²) >= 11 is 0. The molecule has 1 heterocycles. The van der Waals surface area contributed by atoms with Gasteiger partial charge in [0.25, 0.3) is 0 Å². The van der Waals surface area contributed by atoms with Crippen LogP contribution in [-0.2, 0) is 28.6 Å². The second-order valence-electron chi connectivity index (χ2n) is 7.03. The lowest BCUT2D eigenvalue weighted by molar-refractivity contribution is -0.159. The van der Waals surface area contributed by atoms with Crippen molar-refractivity contribution in [2.75, 3.05) is 20.8 Å². The highest BCUT2D eigenvalue weighted by molar-refractivity contribution is 6.43. The van der Waals surface area contributed by atoms with Gasteiger partial charge in [0.1, 0.15) is 0 Å². The highest BCUT2D eigenvalue weighted by atomic mass is 16.6. The minimum absolute atomic E-state index is 0.0901. The summed E-state index contributed by atoms with van der Waals surface area (Å²) in [6.07, 6.45) is 5.36. The molecule has 0 saturated carbocycles. The largest absolute Gasteiger partial charge is 0.468 e. The van der Waals surface area contributed by atoms with Crippen LogP contribution in [0.2, 0.25) is 0 Å². The van der Waals surface area contributed by atoms with E-state index in [9.17, 15) is 14.4 Å². The van der Waals surface area contributed by atoms with E-state index < -0.39 is 23.5 Å². The molecule has 8 heteroatoms. The fourth-order valence-electron chi connectivity index (χ4n) is 3.54. The zero-order valence-electron chi connectivity index (χ0n) is 18.6. The van der Waals surface area contributed by atoms with Crippen LogP contribution in [0.4, 0.5) is 0 Å². The molecule has 168 valence electrons. The predicted octanol–water partition coefficient (Wildman–Crippen LogP) is 3.32. The smallest absolute Gasteiger partial charge is 0.340 e. The van der Waals surface area contributed by atoms with Crippen LogP contribution >= 0.6 is 0 Å². The molecule has 1 atom stereocenters. The van der Waals surface area contributed by atoms with E-state index in [2.05, 4.69) is 11.9 Å². The summed E-state index contributed by atoms with van der Waals surface area (Å²) < 4.78 is 16.4. The first-order chi connectivity index (χ1) is 14.9. The predicted molar refractivity (Wildman–Crippen MR) is 116 cm³/mol. The SMILES string of the molecule is CCCCCCC(OC)(C(=Cc1ccccc1)C(=O)OCC)N1C(=O)C(=O)N=C1OC. The first kappa shape index (κ1) is 24.3.